The Hall–Kier alpha value is -3.76. The molecular weight excluding hydrogens is 365 g/mol. The highest BCUT2D eigenvalue weighted by molar-refractivity contribution is 5.80. The number of halogens is 3. The summed E-state index contributed by atoms with van der Waals surface area (Å²) in [5.41, 5.74) is 3.47. The Kier molecular flexibility index (Phi) is 4.83. The second kappa shape index (κ2) is 7.23. The van der Waals surface area contributed by atoms with Gasteiger partial charge in [-0.1, -0.05) is 12.1 Å². The molecule has 0 saturated carbocycles. The highest BCUT2D eigenvalue weighted by atomic mass is 19.4. The molecule has 3 aromatic rings. The van der Waals surface area contributed by atoms with Crippen LogP contribution in [0.4, 0.5) is 19.1 Å². The number of hydrogen-bond donors (Lipinski definition) is 1. The number of nitrogen functional groups attached to an aromatic ring is 1. The second-order valence-corrected chi connectivity index (χ2v) is 5.10. The predicted molar refractivity (Wildman–Crippen MR) is 89.5 cm³/mol. The molecule has 0 atom stereocenters. The number of ether oxygens (including phenoxy) is 1. The van der Waals surface area contributed by atoms with Gasteiger partial charge in [0.05, 0.1) is 6.21 Å². The van der Waals surface area contributed by atoms with E-state index in [4.69, 9.17) is 10.5 Å². The van der Waals surface area contributed by atoms with Gasteiger partial charge in [-0.3, -0.25) is 4.79 Å². The molecule has 11 heteroatoms. The zero-order chi connectivity index (χ0) is 19.4. The molecule has 0 aliphatic rings. The summed E-state index contributed by atoms with van der Waals surface area (Å²) in [5, 5.41) is 3.78. The second-order valence-electron chi connectivity index (χ2n) is 5.10. The summed E-state index contributed by atoms with van der Waals surface area (Å²) in [6, 6.07) is 8.60. The molecule has 27 heavy (non-hydrogen) atoms. The molecule has 0 spiro atoms. The fourth-order valence-corrected chi connectivity index (χ4v) is 1.98. The van der Waals surface area contributed by atoms with E-state index in [9.17, 15) is 18.0 Å². The van der Waals surface area contributed by atoms with E-state index >= 15 is 0 Å². The van der Waals surface area contributed by atoms with Gasteiger partial charge in [-0.25, -0.2) is 15.0 Å². The van der Waals surface area contributed by atoms with Crippen molar-refractivity contribution in [1.82, 2.24) is 19.6 Å². The Morgan fingerprint density at radius 3 is 2.56 bits per heavy atom. The number of anilines is 1. The minimum atomic E-state index is -4.78. The molecule has 2 aromatic heterocycles. The van der Waals surface area contributed by atoms with Crippen molar-refractivity contribution in [2.75, 3.05) is 5.73 Å². The number of aromatic nitrogens is 4. The number of hydrogen-bond acceptors (Lipinski definition) is 7. The average Bonchev–Trinajstić information content (AvgIpc) is 2.61. The summed E-state index contributed by atoms with van der Waals surface area (Å²) in [6.07, 6.45) is -0.520. The average molecular weight is 376 g/mol. The Balaban J connectivity index is 1.84. The molecule has 1 aromatic carbocycles. The highest BCUT2D eigenvalue weighted by Gasteiger charge is 2.33. The maximum atomic E-state index is 12.6. The summed E-state index contributed by atoms with van der Waals surface area (Å²) >= 11 is 0. The quantitative estimate of drug-likeness (QED) is 0.700. The number of nitrogens with zero attached hydrogens (tertiary/aromatic N) is 5. The number of benzene rings is 1. The molecule has 0 aliphatic carbocycles. The fraction of sp³-hybridized carbons (Fsp3) is 0.0625. The highest BCUT2D eigenvalue weighted by Crippen LogP contribution is 2.26. The molecule has 8 nitrogen and oxygen atoms in total. The van der Waals surface area contributed by atoms with Crippen molar-refractivity contribution in [3.8, 4) is 11.8 Å². The lowest BCUT2D eigenvalue weighted by Gasteiger charge is -2.08. The van der Waals surface area contributed by atoms with Crippen LogP contribution in [0.1, 0.15) is 11.3 Å². The molecule has 0 amide bonds. The summed E-state index contributed by atoms with van der Waals surface area (Å²) < 4.78 is 43.9. The Bertz CT molecular complexity index is 1030. The largest absolute Gasteiger partial charge is 0.433 e. The maximum Gasteiger partial charge on any atom is 0.433 e. The third kappa shape index (κ3) is 4.45. The summed E-state index contributed by atoms with van der Waals surface area (Å²) in [6.45, 7) is 0. The fourth-order valence-electron chi connectivity index (χ4n) is 1.98. The topological polar surface area (TPSA) is 108 Å². The number of alkyl halides is 3. The lowest BCUT2D eigenvalue weighted by molar-refractivity contribution is -0.141. The monoisotopic (exact) mass is 376 g/mol. The van der Waals surface area contributed by atoms with Gasteiger partial charge in [-0.2, -0.15) is 22.9 Å². The first-order valence-corrected chi connectivity index (χ1v) is 7.39. The van der Waals surface area contributed by atoms with Gasteiger partial charge in [0.1, 0.15) is 5.75 Å². The van der Waals surface area contributed by atoms with E-state index in [2.05, 4.69) is 20.1 Å². The molecule has 0 bridgehead atoms. The van der Waals surface area contributed by atoms with Crippen LogP contribution in [-0.4, -0.2) is 25.8 Å². The van der Waals surface area contributed by atoms with Crippen LogP contribution >= 0.6 is 0 Å². The van der Waals surface area contributed by atoms with Crippen LogP contribution < -0.4 is 16.0 Å². The van der Waals surface area contributed by atoms with Crippen LogP contribution in [0.5, 0.6) is 11.8 Å². The number of nitrogens with two attached hydrogens (primary N) is 1. The summed E-state index contributed by atoms with van der Waals surface area (Å²) in [5.74, 6) is -0.285. The molecule has 0 unspecified atom stereocenters. The van der Waals surface area contributed by atoms with Gasteiger partial charge in [-0.05, 0) is 23.8 Å². The number of rotatable bonds is 4. The third-order valence-corrected chi connectivity index (χ3v) is 3.14. The molecule has 138 valence electrons. The molecule has 0 saturated heterocycles. The molecule has 2 heterocycles. The van der Waals surface area contributed by atoms with E-state index in [-0.39, 0.29) is 6.01 Å². The third-order valence-electron chi connectivity index (χ3n) is 3.14. The van der Waals surface area contributed by atoms with Crippen molar-refractivity contribution >= 4 is 12.2 Å². The van der Waals surface area contributed by atoms with Crippen molar-refractivity contribution in [2.45, 2.75) is 6.18 Å². The van der Waals surface area contributed by atoms with E-state index < -0.39 is 23.4 Å². The molecular formula is C16H11F3N6O2. The van der Waals surface area contributed by atoms with Gasteiger partial charge < -0.3 is 10.5 Å². The Morgan fingerprint density at radius 2 is 1.89 bits per heavy atom. The SMILES string of the molecule is Nc1nc(C(F)(F)F)cc(=O)n1/N=C\c1cccc(Oc2ncccn2)c1. The van der Waals surface area contributed by atoms with E-state index in [1.165, 1.54) is 18.6 Å². The van der Waals surface area contributed by atoms with Crippen LogP contribution in [-0.2, 0) is 6.18 Å². The summed E-state index contributed by atoms with van der Waals surface area (Å²) in [7, 11) is 0. The Morgan fingerprint density at radius 1 is 1.15 bits per heavy atom. The van der Waals surface area contributed by atoms with Gasteiger partial charge in [0.2, 0.25) is 5.95 Å². The zero-order valence-electron chi connectivity index (χ0n) is 13.5. The van der Waals surface area contributed by atoms with Crippen molar-refractivity contribution in [3.63, 3.8) is 0 Å². The van der Waals surface area contributed by atoms with Gasteiger partial charge >= 0.3 is 12.2 Å². The molecule has 0 aliphatic heterocycles. The van der Waals surface area contributed by atoms with Gasteiger partial charge in [-0.15, -0.1) is 0 Å². The Labute approximate surface area is 149 Å². The van der Waals surface area contributed by atoms with E-state index in [0.29, 0.717) is 22.1 Å². The first-order chi connectivity index (χ1) is 12.8. The first kappa shape index (κ1) is 18.0. The minimum Gasteiger partial charge on any atom is -0.424 e. The van der Waals surface area contributed by atoms with Crippen molar-refractivity contribution in [1.29, 1.82) is 0 Å². The van der Waals surface area contributed by atoms with Crippen LogP contribution in [0.2, 0.25) is 0 Å². The molecule has 0 fully saturated rings. The van der Waals surface area contributed by atoms with Crippen molar-refractivity contribution in [3.05, 3.63) is 70.4 Å². The normalized spacial score (nSPS) is 11.7. The lowest BCUT2D eigenvalue weighted by Crippen LogP contribution is -2.24. The lowest BCUT2D eigenvalue weighted by atomic mass is 10.2. The standard InChI is InChI=1S/C16H11F3N6O2/c17-16(18,19)12-8-13(26)25(14(20)24-12)23-9-10-3-1-4-11(7-10)27-15-21-5-2-6-22-15/h1-9H,(H2,20,24)/b23-9-. The maximum absolute atomic E-state index is 12.6. The first-order valence-electron chi connectivity index (χ1n) is 7.39. The van der Waals surface area contributed by atoms with Crippen LogP contribution in [0.3, 0.4) is 0 Å². The van der Waals surface area contributed by atoms with Gasteiger partial charge in [0, 0.05) is 18.5 Å². The smallest absolute Gasteiger partial charge is 0.424 e. The zero-order valence-corrected chi connectivity index (χ0v) is 13.5. The van der Waals surface area contributed by atoms with E-state index in [0.717, 1.165) is 0 Å². The van der Waals surface area contributed by atoms with Crippen molar-refractivity contribution < 1.29 is 17.9 Å². The minimum absolute atomic E-state index is 0.138. The van der Waals surface area contributed by atoms with Crippen molar-refractivity contribution in [2.24, 2.45) is 5.10 Å². The van der Waals surface area contributed by atoms with Crippen LogP contribution in [0.15, 0.2) is 58.7 Å². The van der Waals surface area contributed by atoms with Gasteiger partial charge in [0.15, 0.2) is 5.69 Å². The van der Waals surface area contributed by atoms with Gasteiger partial charge in [0.25, 0.3) is 5.56 Å². The van der Waals surface area contributed by atoms with Crippen LogP contribution in [0.25, 0.3) is 0 Å². The molecule has 3 rings (SSSR count). The molecule has 0 radical (unpaired) electrons. The van der Waals surface area contributed by atoms with Crippen LogP contribution in [0, 0.1) is 0 Å². The molecule has 2 N–H and O–H groups in total. The van der Waals surface area contributed by atoms with E-state index in [1.807, 2.05) is 0 Å². The van der Waals surface area contributed by atoms with E-state index in [1.54, 1.807) is 30.3 Å². The summed E-state index contributed by atoms with van der Waals surface area (Å²) in [4.78, 5) is 22.8. The predicted octanol–water partition coefficient (Wildman–Crippen LogP) is 2.31.